The first-order valence-electron chi connectivity index (χ1n) is 8.94. The van der Waals surface area contributed by atoms with Crippen molar-refractivity contribution in [2.24, 2.45) is 0 Å². The quantitative estimate of drug-likeness (QED) is 0.263. The molecule has 0 aliphatic heterocycles. The van der Waals surface area contributed by atoms with Crippen LogP contribution in [0.25, 0.3) is 0 Å². The highest BCUT2D eigenvalue weighted by Crippen LogP contribution is 2.11. The van der Waals surface area contributed by atoms with Crippen molar-refractivity contribution in [2.45, 2.75) is 92.0 Å². The van der Waals surface area contributed by atoms with Gasteiger partial charge < -0.3 is 19.0 Å². The van der Waals surface area contributed by atoms with E-state index in [1.807, 2.05) is 20.8 Å². The minimum atomic E-state index is -0.0370. The van der Waals surface area contributed by atoms with Crippen molar-refractivity contribution in [3.63, 3.8) is 0 Å². The van der Waals surface area contributed by atoms with E-state index in [-0.39, 0.29) is 6.29 Å². The highest BCUT2D eigenvalue weighted by Gasteiger charge is 2.07. The standard InChI is InChI=1S/C12H24O2.C6H14O2/c1-3-5-6-8-12(9-7-10-13)14-11-4-2;1-4-7-6(3)8-5-2/h10,12H,3-9,11H2,1-2H3;6H,4-5H2,1-3H3. The Labute approximate surface area is 137 Å². The van der Waals surface area contributed by atoms with Gasteiger partial charge in [0.05, 0.1) is 6.10 Å². The lowest BCUT2D eigenvalue weighted by atomic mass is 10.1. The largest absolute Gasteiger partial charge is 0.378 e. The number of rotatable bonds is 14. The Morgan fingerprint density at radius 1 is 0.864 bits per heavy atom. The maximum Gasteiger partial charge on any atom is 0.154 e. The van der Waals surface area contributed by atoms with Crippen molar-refractivity contribution < 1.29 is 19.0 Å². The number of unbranched alkanes of at least 4 members (excludes halogenated alkanes) is 2. The van der Waals surface area contributed by atoms with Gasteiger partial charge in [-0.1, -0.05) is 33.1 Å². The molecule has 0 aliphatic carbocycles. The maximum atomic E-state index is 10.3. The lowest BCUT2D eigenvalue weighted by Gasteiger charge is -2.16. The topological polar surface area (TPSA) is 44.8 Å². The average molecular weight is 318 g/mol. The Kier molecular flexibility index (Phi) is 22.2. The number of hydrogen-bond acceptors (Lipinski definition) is 4. The van der Waals surface area contributed by atoms with E-state index in [1.165, 1.54) is 19.3 Å². The third-order valence-electron chi connectivity index (χ3n) is 3.10. The number of hydrogen-bond donors (Lipinski definition) is 0. The van der Waals surface area contributed by atoms with E-state index in [9.17, 15) is 4.79 Å². The first kappa shape index (κ1) is 23.8. The number of aldehydes is 1. The van der Waals surface area contributed by atoms with Crippen molar-refractivity contribution in [2.75, 3.05) is 19.8 Å². The molecule has 0 spiro atoms. The van der Waals surface area contributed by atoms with Gasteiger partial charge in [-0.15, -0.1) is 0 Å². The molecule has 0 saturated heterocycles. The first-order chi connectivity index (χ1) is 10.7. The van der Waals surface area contributed by atoms with Crippen molar-refractivity contribution in [3.8, 4) is 0 Å². The van der Waals surface area contributed by atoms with Gasteiger partial charge in [0.2, 0.25) is 0 Å². The molecule has 0 rings (SSSR count). The molecule has 0 fully saturated rings. The smallest absolute Gasteiger partial charge is 0.154 e. The van der Waals surface area contributed by atoms with Crippen LogP contribution in [0.4, 0.5) is 0 Å². The average Bonchev–Trinajstić information content (AvgIpc) is 2.51. The fourth-order valence-electron chi connectivity index (χ4n) is 1.99. The zero-order valence-corrected chi connectivity index (χ0v) is 15.4. The summed E-state index contributed by atoms with van der Waals surface area (Å²) in [5.74, 6) is 0. The van der Waals surface area contributed by atoms with Gasteiger partial charge in [-0.05, 0) is 40.0 Å². The lowest BCUT2D eigenvalue weighted by molar-refractivity contribution is -0.123. The molecule has 134 valence electrons. The second-order valence-corrected chi connectivity index (χ2v) is 5.21. The monoisotopic (exact) mass is 318 g/mol. The molecular formula is C18H38O4. The van der Waals surface area contributed by atoms with Crippen LogP contribution < -0.4 is 0 Å². The van der Waals surface area contributed by atoms with E-state index >= 15 is 0 Å². The van der Waals surface area contributed by atoms with Gasteiger partial charge in [0.1, 0.15) is 6.29 Å². The molecule has 0 bridgehead atoms. The van der Waals surface area contributed by atoms with Crippen molar-refractivity contribution >= 4 is 6.29 Å². The van der Waals surface area contributed by atoms with Crippen LogP contribution in [0.2, 0.25) is 0 Å². The molecule has 0 heterocycles. The SMILES string of the molecule is CCCCCC(CCC=O)OCCC.CCOC(C)OCC. The summed E-state index contributed by atoms with van der Waals surface area (Å²) in [7, 11) is 0. The Bertz CT molecular complexity index is 203. The zero-order valence-electron chi connectivity index (χ0n) is 15.4. The van der Waals surface area contributed by atoms with Gasteiger partial charge in [0.15, 0.2) is 6.29 Å². The van der Waals surface area contributed by atoms with Gasteiger partial charge in [0, 0.05) is 26.2 Å². The molecule has 22 heavy (non-hydrogen) atoms. The molecule has 0 N–H and O–H groups in total. The molecule has 1 unspecified atom stereocenters. The summed E-state index contributed by atoms with van der Waals surface area (Å²) < 4.78 is 15.8. The van der Waals surface area contributed by atoms with E-state index in [2.05, 4.69) is 13.8 Å². The summed E-state index contributed by atoms with van der Waals surface area (Å²) in [6, 6.07) is 0. The molecule has 0 aromatic rings. The lowest BCUT2D eigenvalue weighted by Crippen LogP contribution is -2.13. The molecule has 0 amide bonds. The van der Waals surface area contributed by atoms with Crippen LogP contribution >= 0.6 is 0 Å². The van der Waals surface area contributed by atoms with Gasteiger partial charge in [-0.25, -0.2) is 0 Å². The molecule has 4 heteroatoms. The maximum absolute atomic E-state index is 10.3. The fourth-order valence-corrected chi connectivity index (χ4v) is 1.99. The van der Waals surface area contributed by atoms with E-state index in [0.29, 0.717) is 12.5 Å². The minimum Gasteiger partial charge on any atom is -0.378 e. The van der Waals surface area contributed by atoms with Crippen LogP contribution in [0.15, 0.2) is 0 Å². The Balaban J connectivity index is 0. The summed E-state index contributed by atoms with van der Waals surface area (Å²) in [6.07, 6.45) is 8.71. The van der Waals surface area contributed by atoms with E-state index < -0.39 is 0 Å². The van der Waals surface area contributed by atoms with Gasteiger partial charge in [-0.3, -0.25) is 0 Å². The normalized spacial score (nSPS) is 11.9. The van der Waals surface area contributed by atoms with Gasteiger partial charge in [-0.2, -0.15) is 0 Å². The van der Waals surface area contributed by atoms with E-state index in [0.717, 1.165) is 45.4 Å². The predicted molar refractivity (Wildman–Crippen MR) is 92.2 cm³/mol. The Morgan fingerprint density at radius 2 is 1.50 bits per heavy atom. The van der Waals surface area contributed by atoms with E-state index in [4.69, 9.17) is 14.2 Å². The Morgan fingerprint density at radius 3 is 1.95 bits per heavy atom. The third-order valence-corrected chi connectivity index (χ3v) is 3.10. The Hall–Kier alpha value is -0.450. The second kappa shape index (κ2) is 20.6. The fraction of sp³-hybridized carbons (Fsp3) is 0.944. The molecule has 1 atom stereocenters. The van der Waals surface area contributed by atoms with Crippen LogP contribution in [0.3, 0.4) is 0 Å². The van der Waals surface area contributed by atoms with Crippen LogP contribution in [-0.4, -0.2) is 38.5 Å². The summed E-state index contributed by atoms with van der Waals surface area (Å²) in [5, 5.41) is 0. The molecule has 0 aliphatic rings. The molecule has 0 saturated carbocycles. The van der Waals surface area contributed by atoms with Gasteiger partial charge >= 0.3 is 0 Å². The van der Waals surface area contributed by atoms with Crippen molar-refractivity contribution in [3.05, 3.63) is 0 Å². The first-order valence-corrected chi connectivity index (χ1v) is 8.94. The van der Waals surface area contributed by atoms with E-state index in [1.54, 1.807) is 0 Å². The zero-order chi connectivity index (χ0) is 17.1. The van der Waals surface area contributed by atoms with Crippen LogP contribution in [0.1, 0.15) is 79.6 Å². The van der Waals surface area contributed by atoms with Crippen LogP contribution in [0, 0.1) is 0 Å². The van der Waals surface area contributed by atoms with Crippen LogP contribution in [-0.2, 0) is 19.0 Å². The number of carbonyl (C=O) groups is 1. The van der Waals surface area contributed by atoms with Crippen molar-refractivity contribution in [1.82, 2.24) is 0 Å². The second-order valence-electron chi connectivity index (χ2n) is 5.21. The summed E-state index contributed by atoms with van der Waals surface area (Å²) in [5.41, 5.74) is 0. The summed E-state index contributed by atoms with van der Waals surface area (Å²) >= 11 is 0. The third kappa shape index (κ3) is 19.6. The summed E-state index contributed by atoms with van der Waals surface area (Å²) in [6.45, 7) is 12.4. The number of carbonyl (C=O) groups excluding carboxylic acids is 1. The highest BCUT2D eigenvalue weighted by molar-refractivity contribution is 5.49. The molecule has 0 radical (unpaired) electrons. The minimum absolute atomic E-state index is 0.0370. The van der Waals surface area contributed by atoms with Crippen molar-refractivity contribution in [1.29, 1.82) is 0 Å². The molecule has 4 nitrogen and oxygen atoms in total. The van der Waals surface area contributed by atoms with Gasteiger partial charge in [0.25, 0.3) is 0 Å². The number of ether oxygens (including phenoxy) is 3. The molecule has 0 aromatic heterocycles. The van der Waals surface area contributed by atoms with Crippen LogP contribution in [0.5, 0.6) is 0 Å². The molecular weight excluding hydrogens is 280 g/mol. The molecule has 0 aromatic carbocycles. The highest BCUT2D eigenvalue weighted by atomic mass is 16.7. The summed E-state index contributed by atoms with van der Waals surface area (Å²) in [4.78, 5) is 10.3. The predicted octanol–water partition coefficient (Wildman–Crippen LogP) is 4.75.